The van der Waals surface area contributed by atoms with Crippen LogP contribution in [0.3, 0.4) is 0 Å². The van der Waals surface area contributed by atoms with Crippen LogP contribution in [0.15, 0.2) is 46.9 Å². The summed E-state index contributed by atoms with van der Waals surface area (Å²) in [6.45, 7) is 0. The maximum atomic E-state index is 13.3. The molecule has 2 aromatic rings. The number of hydrogen-bond donors (Lipinski definition) is 1. The molecule has 120 valence electrons. The number of likely N-dealkylation sites (N-methyl/N-ethyl adjacent to an activating group) is 1. The average molecular weight is 379 g/mol. The molecule has 0 heterocycles. The molecule has 6 heteroatoms. The number of hydrogen-bond acceptors (Lipinski definition) is 2. The van der Waals surface area contributed by atoms with Gasteiger partial charge in [0.25, 0.3) is 5.91 Å². The zero-order valence-electron chi connectivity index (χ0n) is 12.8. The van der Waals surface area contributed by atoms with Crippen molar-refractivity contribution in [3.8, 4) is 0 Å². The van der Waals surface area contributed by atoms with Gasteiger partial charge in [-0.15, -0.1) is 0 Å². The van der Waals surface area contributed by atoms with Gasteiger partial charge in [-0.25, -0.2) is 4.39 Å². The van der Waals surface area contributed by atoms with Crippen LogP contribution in [0.2, 0.25) is 0 Å². The Morgan fingerprint density at radius 2 is 1.78 bits per heavy atom. The number of anilines is 1. The van der Waals surface area contributed by atoms with Crippen molar-refractivity contribution >= 4 is 33.4 Å². The van der Waals surface area contributed by atoms with Crippen LogP contribution in [0.4, 0.5) is 10.1 Å². The molecule has 2 amide bonds. The van der Waals surface area contributed by atoms with Crippen molar-refractivity contribution in [1.29, 1.82) is 0 Å². The second kappa shape index (κ2) is 7.37. The highest BCUT2D eigenvalue weighted by molar-refractivity contribution is 9.10. The first-order valence-corrected chi connectivity index (χ1v) is 7.71. The molecule has 0 aliphatic heterocycles. The van der Waals surface area contributed by atoms with Crippen LogP contribution in [0.1, 0.15) is 15.9 Å². The Balaban J connectivity index is 2.05. The van der Waals surface area contributed by atoms with Crippen LogP contribution in [-0.2, 0) is 11.2 Å². The van der Waals surface area contributed by atoms with Crippen molar-refractivity contribution in [2.45, 2.75) is 6.42 Å². The molecular weight excluding hydrogens is 363 g/mol. The first kappa shape index (κ1) is 17.1. The molecule has 0 spiro atoms. The quantitative estimate of drug-likeness (QED) is 0.885. The van der Waals surface area contributed by atoms with Gasteiger partial charge in [0.15, 0.2) is 0 Å². The van der Waals surface area contributed by atoms with E-state index in [1.807, 2.05) is 0 Å². The molecule has 0 bridgehead atoms. The smallest absolute Gasteiger partial charge is 0.255 e. The predicted octanol–water partition coefficient (Wildman–Crippen LogP) is 3.47. The maximum absolute atomic E-state index is 13.3. The highest BCUT2D eigenvalue weighted by Crippen LogP contribution is 2.17. The molecule has 4 nitrogen and oxygen atoms in total. The minimum Gasteiger partial charge on any atom is -0.349 e. The van der Waals surface area contributed by atoms with Crippen molar-refractivity contribution in [3.05, 3.63) is 63.9 Å². The van der Waals surface area contributed by atoms with Crippen LogP contribution in [-0.4, -0.2) is 30.8 Å². The predicted molar refractivity (Wildman–Crippen MR) is 90.9 cm³/mol. The van der Waals surface area contributed by atoms with Crippen molar-refractivity contribution in [2.75, 3.05) is 19.4 Å². The van der Waals surface area contributed by atoms with Gasteiger partial charge in [0.1, 0.15) is 5.82 Å². The number of rotatable bonds is 4. The van der Waals surface area contributed by atoms with Crippen molar-refractivity contribution in [2.24, 2.45) is 0 Å². The minimum absolute atomic E-state index is 0.00592. The Morgan fingerprint density at radius 1 is 1.13 bits per heavy atom. The summed E-state index contributed by atoms with van der Waals surface area (Å²) >= 11 is 3.15. The number of benzene rings is 2. The topological polar surface area (TPSA) is 49.4 Å². The fraction of sp³-hybridized carbons (Fsp3) is 0.176. The van der Waals surface area contributed by atoms with E-state index in [2.05, 4.69) is 21.2 Å². The first-order valence-electron chi connectivity index (χ1n) is 6.91. The third kappa shape index (κ3) is 4.89. The lowest BCUT2D eigenvalue weighted by Crippen LogP contribution is -2.23. The summed E-state index contributed by atoms with van der Waals surface area (Å²) in [6, 6.07) is 11.0. The van der Waals surface area contributed by atoms with Gasteiger partial charge in [-0.05, 0) is 35.9 Å². The number of amides is 2. The molecule has 0 aliphatic rings. The Hall–Kier alpha value is -2.21. The molecule has 2 aromatic carbocycles. The lowest BCUT2D eigenvalue weighted by Gasteiger charge is -2.11. The average Bonchev–Trinajstić information content (AvgIpc) is 2.48. The van der Waals surface area contributed by atoms with E-state index in [1.54, 1.807) is 44.4 Å². The van der Waals surface area contributed by atoms with Gasteiger partial charge in [-0.2, -0.15) is 0 Å². The van der Waals surface area contributed by atoms with E-state index in [-0.39, 0.29) is 11.5 Å². The molecule has 23 heavy (non-hydrogen) atoms. The molecule has 0 saturated carbocycles. The molecular formula is C17H16BrFN2O2. The van der Waals surface area contributed by atoms with Crippen LogP contribution >= 0.6 is 15.9 Å². The second-order valence-corrected chi connectivity index (χ2v) is 6.19. The number of carbonyl (C=O) groups is 2. The zero-order valence-corrected chi connectivity index (χ0v) is 14.4. The molecule has 0 aromatic heterocycles. The van der Waals surface area contributed by atoms with E-state index in [0.717, 1.165) is 5.56 Å². The molecule has 2 rings (SSSR count). The van der Waals surface area contributed by atoms with E-state index in [1.165, 1.54) is 17.0 Å². The fourth-order valence-corrected chi connectivity index (χ4v) is 2.39. The third-order valence-corrected chi connectivity index (χ3v) is 3.65. The lowest BCUT2D eigenvalue weighted by molar-refractivity contribution is -0.127. The molecule has 0 radical (unpaired) electrons. The van der Waals surface area contributed by atoms with Gasteiger partial charge in [0.05, 0.1) is 6.42 Å². The number of carbonyl (C=O) groups excluding carboxylic acids is 2. The molecule has 0 unspecified atom stereocenters. The fourth-order valence-electron chi connectivity index (χ4n) is 1.93. The van der Waals surface area contributed by atoms with Crippen LogP contribution in [0.25, 0.3) is 0 Å². The van der Waals surface area contributed by atoms with Crippen LogP contribution in [0.5, 0.6) is 0 Å². The Labute approximate surface area is 142 Å². The van der Waals surface area contributed by atoms with Crippen LogP contribution < -0.4 is 5.32 Å². The molecule has 0 aliphatic carbocycles. The number of halogens is 2. The van der Waals surface area contributed by atoms with E-state index in [0.29, 0.717) is 16.6 Å². The number of nitrogens with one attached hydrogen (secondary N) is 1. The Morgan fingerprint density at radius 3 is 2.35 bits per heavy atom. The van der Waals surface area contributed by atoms with Crippen molar-refractivity contribution in [1.82, 2.24) is 4.90 Å². The highest BCUT2D eigenvalue weighted by atomic mass is 79.9. The monoisotopic (exact) mass is 378 g/mol. The molecule has 1 N–H and O–H groups in total. The van der Waals surface area contributed by atoms with Gasteiger partial charge >= 0.3 is 0 Å². The van der Waals surface area contributed by atoms with Gasteiger partial charge in [0.2, 0.25) is 5.91 Å². The maximum Gasteiger partial charge on any atom is 0.255 e. The Kier molecular flexibility index (Phi) is 5.50. The van der Waals surface area contributed by atoms with Gasteiger partial charge in [-0.1, -0.05) is 28.1 Å². The normalized spacial score (nSPS) is 10.3. The zero-order chi connectivity index (χ0) is 17.0. The lowest BCUT2D eigenvalue weighted by atomic mass is 10.1. The van der Waals surface area contributed by atoms with E-state index in [4.69, 9.17) is 0 Å². The molecule has 0 atom stereocenters. The summed E-state index contributed by atoms with van der Waals surface area (Å²) in [5.74, 6) is -0.879. The second-order valence-electron chi connectivity index (χ2n) is 5.27. The summed E-state index contributed by atoms with van der Waals surface area (Å²) < 4.78 is 13.8. The highest BCUT2D eigenvalue weighted by Gasteiger charge is 2.10. The van der Waals surface area contributed by atoms with Gasteiger partial charge < -0.3 is 10.2 Å². The minimum atomic E-state index is -0.484. The standard InChI is InChI=1S/C17H16BrFN2O2/c1-21(2)16(22)7-11-3-5-15(6-4-11)20-17(23)12-8-13(18)10-14(19)9-12/h3-6,8-10H,7H2,1-2H3,(H,20,23). The largest absolute Gasteiger partial charge is 0.349 e. The molecule has 0 saturated heterocycles. The Bertz CT molecular complexity index is 710. The van der Waals surface area contributed by atoms with E-state index >= 15 is 0 Å². The number of nitrogens with zero attached hydrogens (tertiary/aromatic N) is 1. The summed E-state index contributed by atoms with van der Waals surface area (Å²) in [5, 5.41) is 2.69. The van der Waals surface area contributed by atoms with Gasteiger partial charge in [-0.3, -0.25) is 9.59 Å². The SMILES string of the molecule is CN(C)C(=O)Cc1ccc(NC(=O)c2cc(F)cc(Br)c2)cc1. The summed E-state index contributed by atoms with van der Waals surface area (Å²) in [6.07, 6.45) is 0.304. The van der Waals surface area contributed by atoms with Crippen molar-refractivity contribution in [3.63, 3.8) is 0 Å². The molecule has 0 fully saturated rings. The van der Waals surface area contributed by atoms with Crippen LogP contribution in [0, 0.1) is 5.82 Å². The third-order valence-electron chi connectivity index (χ3n) is 3.19. The summed E-state index contributed by atoms with van der Waals surface area (Å²) in [5.41, 5.74) is 1.66. The van der Waals surface area contributed by atoms with Gasteiger partial charge in [0, 0.05) is 29.8 Å². The summed E-state index contributed by atoms with van der Waals surface area (Å²) in [4.78, 5) is 25.3. The van der Waals surface area contributed by atoms with Crippen molar-refractivity contribution < 1.29 is 14.0 Å². The van der Waals surface area contributed by atoms with E-state index in [9.17, 15) is 14.0 Å². The first-order chi connectivity index (χ1) is 10.8. The summed E-state index contributed by atoms with van der Waals surface area (Å²) in [7, 11) is 3.40. The van der Waals surface area contributed by atoms with E-state index < -0.39 is 11.7 Å².